The van der Waals surface area contributed by atoms with E-state index in [2.05, 4.69) is 47.5 Å². The highest BCUT2D eigenvalue weighted by atomic mass is 79.9. The quantitative estimate of drug-likeness (QED) is 0.751. The van der Waals surface area contributed by atoms with Crippen LogP contribution in [0.4, 0.5) is 0 Å². The lowest BCUT2D eigenvalue weighted by molar-refractivity contribution is 0.300. The van der Waals surface area contributed by atoms with Gasteiger partial charge in [0.2, 0.25) is 0 Å². The summed E-state index contributed by atoms with van der Waals surface area (Å²) < 4.78 is 7.75. The molecule has 106 valence electrons. The van der Waals surface area contributed by atoms with Gasteiger partial charge in [0.1, 0.15) is 17.4 Å². The van der Waals surface area contributed by atoms with Crippen LogP contribution >= 0.6 is 43.2 Å². The monoisotopic (exact) mass is 416 g/mol. The van der Waals surface area contributed by atoms with Gasteiger partial charge in [-0.05, 0) is 47.0 Å². The fourth-order valence-corrected chi connectivity index (χ4v) is 3.65. The number of hydrogen-bond donors (Lipinski definition) is 1. The van der Waals surface area contributed by atoms with Crippen LogP contribution in [0.15, 0.2) is 32.5 Å². The zero-order valence-corrected chi connectivity index (χ0v) is 14.7. The fraction of sp³-hybridized carbons (Fsp3) is 0.357. The summed E-state index contributed by atoms with van der Waals surface area (Å²) >= 11 is 8.61. The molecule has 6 heteroatoms. The molecule has 1 aromatic carbocycles. The second kappa shape index (κ2) is 6.56. The first-order valence-corrected chi connectivity index (χ1v) is 8.92. The molecule has 3 rings (SSSR count). The number of benzene rings is 1. The maximum atomic E-state index is 5.79. The molecule has 1 fully saturated rings. The molecule has 0 amide bonds. The normalized spacial score (nSPS) is 14.5. The van der Waals surface area contributed by atoms with E-state index in [9.17, 15) is 0 Å². The summed E-state index contributed by atoms with van der Waals surface area (Å²) in [5.41, 5.74) is 0.984. The average molecular weight is 418 g/mol. The minimum absolute atomic E-state index is 0.500. The van der Waals surface area contributed by atoms with Crippen molar-refractivity contribution in [3.05, 3.63) is 43.2 Å². The van der Waals surface area contributed by atoms with Crippen LogP contribution in [0.3, 0.4) is 0 Å². The molecule has 1 aliphatic rings. The summed E-state index contributed by atoms with van der Waals surface area (Å²) in [5.74, 6) is 0.832. The van der Waals surface area contributed by atoms with Gasteiger partial charge >= 0.3 is 0 Å². The van der Waals surface area contributed by atoms with Crippen molar-refractivity contribution in [2.45, 2.75) is 32.0 Å². The molecule has 1 N–H and O–H groups in total. The second-order valence-corrected chi connectivity index (χ2v) is 7.46. The van der Waals surface area contributed by atoms with Crippen molar-refractivity contribution in [2.75, 3.05) is 0 Å². The molecule has 2 aromatic rings. The first kappa shape index (κ1) is 14.5. The molecule has 1 heterocycles. The Morgan fingerprint density at radius 1 is 1.35 bits per heavy atom. The number of rotatable bonds is 6. The minimum Gasteiger partial charge on any atom is -0.486 e. The Morgan fingerprint density at radius 2 is 2.20 bits per heavy atom. The molecule has 0 saturated heterocycles. The van der Waals surface area contributed by atoms with Gasteiger partial charge < -0.3 is 10.1 Å². The molecule has 0 radical (unpaired) electrons. The van der Waals surface area contributed by atoms with Gasteiger partial charge in [-0.25, -0.2) is 4.98 Å². The van der Waals surface area contributed by atoms with E-state index in [0.29, 0.717) is 6.61 Å². The number of aromatic nitrogens is 1. The van der Waals surface area contributed by atoms with Gasteiger partial charge in [-0.2, -0.15) is 0 Å². The van der Waals surface area contributed by atoms with E-state index in [4.69, 9.17) is 4.74 Å². The van der Waals surface area contributed by atoms with Crippen LogP contribution in [0.1, 0.15) is 23.5 Å². The topological polar surface area (TPSA) is 34.1 Å². The van der Waals surface area contributed by atoms with Gasteiger partial charge in [-0.3, -0.25) is 0 Å². The number of thiazole rings is 1. The van der Waals surface area contributed by atoms with E-state index >= 15 is 0 Å². The van der Waals surface area contributed by atoms with Crippen LogP contribution in [-0.4, -0.2) is 11.0 Å². The third-order valence-electron chi connectivity index (χ3n) is 2.99. The SMILES string of the molecule is Brc1ccc(OCc2csc(CNC3CC3)n2)c(Br)c1. The van der Waals surface area contributed by atoms with Crippen molar-refractivity contribution in [1.29, 1.82) is 0 Å². The van der Waals surface area contributed by atoms with Crippen molar-refractivity contribution < 1.29 is 4.74 Å². The van der Waals surface area contributed by atoms with Crippen molar-refractivity contribution in [3.8, 4) is 5.75 Å². The Kier molecular flexibility index (Phi) is 4.75. The molecule has 1 saturated carbocycles. The molecule has 0 aliphatic heterocycles. The molecule has 3 nitrogen and oxygen atoms in total. The van der Waals surface area contributed by atoms with E-state index in [0.717, 1.165) is 38.0 Å². The highest BCUT2D eigenvalue weighted by Gasteiger charge is 2.20. The third kappa shape index (κ3) is 4.04. The predicted molar refractivity (Wildman–Crippen MR) is 88.1 cm³/mol. The van der Waals surface area contributed by atoms with Gasteiger partial charge in [-0.15, -0.1) is 11.3 Å². The van der Waals surface area contributed by atoms with E-state index in [-0.39, 0.29) is 0 Å². The lowest BCUT2D eigenvalue weighted by Gasteiger charge is -2.06. The van der Waals surface area contributed by atoms with E-state index in [1.165, 1.54) is 12.8 Å². The molecule has 1 aromatic heterocycles. The van der Waals surface area contributed by atoms with Crippen molar-refractivity contribution in [3.63, 3.8) is 0 Å². The van der Waals surface area contributed by atoms with Crippen molar-refractivity contribution in [1.82, 2.24) is 10.3 Å². The maximum absolute atomic E-state index is 5.79. The maximum Gasteiger partial charge on any atom is 0.134 e. The fourth-order valence-electron chi connectivity index (χ4n) is 1.76. The average Bonchev–Trinajstić information content (AvgIpc) is 3.14. The zero-order valence-electron chi connectivity index (χ0n) is 10.7. The van der Waals surface area contributed by atoms with Gasteiger partial charge in [0.05, 0.1) is 10.2 Å². The van der Waals surface area contributed by atoms with Crippen LogP contribution < -0.4 is 10.1 Å². The molecular formula is C14H14Br2N2OS. The van der Waals surface area contributed by atoms with Crippen molar-refractivity contribution >= 4 is 43.2 Å². The lowest BCUT2D eigenvalue weighted by Crippen LogP contribution is -2.15. The summed E-state index contributed by atoms with van der Waals surface area (Å²) in [6, 6.07) is 6.60. The largest absolute Gasteiger partial charge is 0.486 e. The smallest absolute Gasteiger partial charge is 0.134 e. The van der Waals surface area contributed by atoms with Gasteiger partial charge in [0, 0.05) is 22.4 Å². The van der Waals surface area contributed by atoms with E-state index < -0.39 is 0 Å². The second-order valence-electron chi connectivity index (χ2n) is 4.75. The number of hydrogen-bond acceptors (Lipinski definition) is 4. The molecule has 0 unspecified atom stereocenters. The Morgan fingerprint density at radius 3 is 2.95 bits per heavy atom. The Hall–Kier alpha value is -0.430. The van der Waals surface area contributed by atoms with Gasteiger partial charge in [0.25, 0.3) is 0 Å². The predicted octanol–water partition coefficient (Wildman–Crippen LogP) is 4.50. The molecule has 20 heavy (non-hydrogen) atoms. The van der Waals surface area contributed by atoms with Crippen LogP contribution in [0.2, 0.25) is 0 Å². The summed E-state index contributed by atoms with van der Waals surface area (Å²) in [5, 5.41) is 6.67. The summed E-state index contributed by atoms with van der Waals surface area (Å²) in [4.78, 5) is 4.58. The third-order valence-corrected chi connectivity index (χ3v) is 5.00. The highest BCUT2D eigenvalue weighted by molar-refractivity contribution is 9.11. The highest BCUT2D eigenvalue weighted by Crippen LogP contribution is 2.29. The number of ether oxygens (including phenoxy) is 1. The standard InChI is InChI=1S/C14H14Br2N2OS/c15-9-1-4-13(12(16)5-9)19-7-11-8-20-14(18-11)6-17-10-2-3-10/h1,4-5,8,10,17H,2-3,6-7H2. The summed E-state index contributed by atoms with van der Waals surface area (Å²) in [7, 11) is 0. The van der Waals surface area contributed by atoms with Gasteiger partial charge in [0.15, 0.2) is 0 Å². The summed E-state index contributed by atoms with van der Waals surface area (Å²) in [6.45, 7) is 1.37. The van der Waals surface area contributed by atoms with Crippen molar-refractivity contribution in [2.24, 2.45) is 0 Å². The van der Waals surface area contributed by atoms with E-state index in [1.807, 2.05) is 18.2 Å². The number of nitrogens with one attached hydrogen (secondary N) is 1. The van der Waals surface area contributed by atoms with Crippen LogP contribution in [-0.2, 0) is 13.2 Å². The Labute approximate surface area is 139 Å². The molecule has 0 bridgehead atoms. The molecule has 0 atom stereocenters. The van der Waals surface area contributed by atoms with Crippen LogP contribution in [0.25, 0.3) is 0 Å². The number of halogens is 2. The molecular weight excluding hydrogens is 404 g/mol. The Balaban J connectivity index is 1.54. The number of nitrogens with zero attached hydrogens (tertiary/aromatic N) is 1. The minimum atomic E-state index is 0.500. The van der Waals surface area contributed by atoms with Crippen LogP contribution in [0.5, 0.6) is 5.75 Å². The first-order valence-electron chi connectivity index (χ1n) is 6.45. The van der Waals surface area contributed by atoms with Gasteiger partial charge in [-0.1, -0.05) is 15.9 Å². The first-order chi connectivity index (χ1) is 9.70. The molecule has 0 spiro atoms. The summed E-state index contributed by atoms with van der Waals surface area (Å²) in [6.07, 6.45) is 2.61. The molecule has 1 aliphatic carbocycles. The lowest BCUT2D eigenvalue weighted by atomic mass is 10.3. The van der Waals surface area contributed by atoms with Crippen LogP contribution in [0, 0.1) is 0 Å². The van der Waals surface area contributed by atoms with E-state index in [1.54, 1.807) is 11.3 Å². The Bertz CT molecular complexity index is 599. The zero-order chi connectivity index (χ0) is 13.9.